The summed E-state index contributed by atoms with van der Waals surface area (Å²) in [6.07, 6.45) is 1.69. The maximum absolute atomic E-state index is 12.0. The number of aromatic nitrogens is 1. The van der Waals surface area contributed by atoms with Crippen LogP contribution in [-0.4, -0.2) is 36.2 Å². The summed E-state index contributed by atoms with van der Waals surface area (Å²) >= 11 is 0. The summed E-state index contributed by atoms with van der Waals surface area (Å²) in [5.74, 6) is -0.0252. The molecule has 0 aliphatic carbocycles. The number of pyridine rings is 1. The van der Waals surface area contributed by atoms with Gasteiger partial charge in [0.15, 0.2) is 0 Å². The Hall–Kier alpha value is -0.880. The zero-order valence-corrected chi connectivity index (χ0v) is 13.2. The molecule has 0 spiro atoms. The zero-order valence-electron chi connectivity index (χ0n) is 11.6. The summed E-state index contributed by atoms with van der Waals surface area (Å²) in [5, 5.41) is 6.06. The van der Waals surface area contributed by atoms with E-state index in [1.807, 2.05) is 26.0 Å². The van der Waals surface area contributed by atoms with Crippen LogP contribution in [0.4, 0.5) is 0 Å². The highest BCUT2D eigenvalue weighted by molar-refractivity contribution is 5.85. The molecule has 1 aliphatic rings. The van der Waals surface area contributed by atoms with Gasteiger partial charge in [0.25, 0.3) is 0 Å². The van der Waals surface area contributed by atoms with E-state index in [1.165, 1.54) is 0 Å². The molecule has 2 heterocycles. The highest BCUT2D eigenvalue weighted by atomic mass is 35.5. The molecule has 0 bridgehead atoms. The summed E-state index contributed by atoms with van der Waals surface area (Å²) in [4.78, 5) is 16.2. The van der Waals surface area contributed by atoms with E-state index in [4.69, 9.17) is 4.74 Å². The smallest absolute Gasteiger partial charge is 0.240 e. The third-order valence-corrected chi connectivity index (χ3v) is 3.04. The van der Waals surface area contributed by atoms with Gasteiger partial charge in [-0.15, -0.1) is 24.8 Å². The Balaban J connectivity index is 0.00000180. The van der Waals surface area contributed by atoms with Gasteiger partial charge in [0.1, 0.15) is 6.04 Å². The predicted molar refractivity (Wildman–Crippen MR) is 82.5 cm³/mol. The minimum atomic E-state index is -0.267. The lowest BCUT2D eigenvalue weighted by Crippen LogP contribution is -2.55. The van der Waals surface area contributed by atoms with Gasteiger partial charge in [0.05, 0.1) is 12.7 Å². The van der Waals surface area contributed by atoms with E-state index in [9.17, 15) is 4.79 Å². The fourth-order valence-corrected chi connectivity index (χ4v) is 1.93. The summed E-state index contributed by atoms with van der Waals surface area (Å²) in [6, 6.07) is 3.64. The van der Waals surface area contributed by atoms with Crippen molar-refractivity contribution in [3.05, 3.63) is 29.6 Å². The summed E-state index contributed by atoms with van der Waals surface area (Å²) in [6.45, 7) is 5.72. The lowest BCUT2D eigenvalue weighted by Gasteiger charge is -2.29. The van der Waals surface area contributed by atoms with Crippen LogP contribution < -0.4 is 10.6 Å². The van der Waals surface area contributed by atoms with Gasteiger partial charge in [-0.25, -0.2) is 0 Å². The molecule has 2 atom stereocenters. The number of nitrogens with one attached hydrogen (secondary N) is 2. The molecular formula is C13H21Cl2N3O2. The van der Waals surface area contributed by atoms with Crippen molar-refractivity contribution in [1.82, 2.24) is 15.6 Å². The molecule has 1 amide bonds. The Morgan fingerprint density at radius 1 is 1.50 bits per heavy atom. The largest absolute Gasteiger partial charge is 0.375 e. The van der Waals surface area contributed by atoms with E-state index in [0.29, 0.717) is 19.7 Å². The van der Waals surface area contributed by atoms with Gasteiger partial charge in [0, 0.05) is 25.0 Å². The van der Waals surface area contributed by atoms with Crippen molar-refractivity contribution in [3.8, 4) is 0 Å². The van der Waals surface area contributed by atoms with Crippen LogP contribution in [0, 0.1) is 6.92 Å². The van der Waals surface area contributed by atoms with E-state index in [-0.39, 0.29) is 42.9 Å². The van der Waals surface area contributed by atoms with Gasteiger partial charge >= 0.3 is 0 Å². The topological polar surface area (TPSA) is 63.2 Å². The highest BCUT2D eigenvalue weighted by Gasteiger charge is 2.27. The first kappa shape index (κ1) is 19.1. The van der Waals surface area contributed by atoms with E-state index < -0.39 is 0 Å². The third kappa shape index (κ3) is 5.25. The second-order valence-corrected chi connectivity index (χ2v) is 4.53. The van der Waals surface area contributed by atoms with E-state index in [2.05, 4.69) is 15.6 Å². The fourth-order valence-electron chi connectivity index (χ4n) is 1.93. The monoisotopic (exact) mass is 321 g/mol. The van der Waals surface area contributed by atoms with E-state index in [1.54, 1.807) is 6.20 Å². The summed E-state index contributed by atoms with van der Waals surface area (Å²) < 4.78 is 5.44. The second-order valence-electron chi connectivity index (χ2n) is 4.53. The molecule has 7 heteroatoms. The van der Waals surface area contributed by atoms with Crippen molar-refractivity contribution in [3.63, 3.8) is 0 Å². The van der Waals surface area contributed by atoms with Crippen molar-refractivity contribution in [1.29, 1.82) is 0 Å². The minimum absolute atomic E-state index is 0. The fraction of sp³-hybridized carbons (Fsp3) is 0.538. The number of hydrogen-bond acceptors (Lipinski definition) is 4. The quantitative estimate of drug-likeness (QED) is 0.879. The first-order valence-corrected chi connectivity index (χ1v) is 6.21. The molecule has 1 saturated heterocycles. The van der Waals surface area contributed by atoms with Crippen molar-refractivity contribution in [2.24, 2.45) is 0 Å². The molecule has 2 N–H and O–H groups in total. The molecule has 2 rings (SSSR count). The summed E-state index contributed by atoms with van der Waals surface area (Å²) in [5.41, 5.74) is 1.97. The number of halogens is 2. The number of hydrogen-bond donors (Lipinski definition) is 2. The van der Waals surface area contributed by atoms with Gasteiger partial charge in [-0.05, 0) is 25.5 Å². The second kappa shape index (κ2) is 9.13. The Morgan fingerprint density at radius 3 is 2.85 bits per heavy atom. The molecule has 1 aliphatic heterocycles. The van der Waals surface area contributed by atoms with Gasteiger partial charge in [-0.1, -0.05) is 6.07 Å². The molecule has 0 aromatic carbocycles. The Bertz CT molecular complexity index is 415. The Labute approximate surface area is 131 Å². The predicted octanol–water partition coefficient (Wildman–Crippen LogP) is 1.23. The first-order chi connectivity index (χ1) is 8.66. The molecule has 0 unspecified atom stereocenters. The number of morpholine rings is 1. The van der Waals surface area contributed by atoms with E-state index in [0.717, 1.165) is 11.3 Å². The van der Waals surface area contributed by atoms with Crippen LogP contribution in [-0.2, 0) is 16.1 Å². The van der Waals surface area contributed by atoms with Gasteiger partial charge in [-0.3, -0.25) is 9.78 Å². The maximum atomic E-state index is 12.0. The number of carbonyl (C=O) groups excluding carboxylic acids is 1. The number of carbonyl (C=O) groups is 1. The Kier molecular flexibility index (Phi) is 8.73. The van der Waals surface area contributed by atoms with Crippen LogP contribution in [0.25, 0.3) is 0 Å². The highest BCUT2D eigenvalue weighted by Crippen LogP contribution is 2.05. The molecular weight excluding hydrogens is 301 g/mol. The van der Waals surface area contributed by atoms with Crippen LogP contribution in [0.15, 0.2) is 18.3 Å². The van der Waals surface area contributed by atoms with Crippen LogP contribution in [0.2, 0.25) is 0 Å². The van der Waals surface area contributed by atoms with Crippen LogP contribution in [0.1, 0.15) is 18.2 Å². The molecule has 20 heavy (non-hydrogen) atoms. The molecule has 1 fully saturated rings. The number of ether oxygens (including phenoxy) is 1. The van der Waals surface area contributed by atoms with Gasteiger partial charge in [0.2, 0.25) is 5.91 Å². The summed E-state index contributed by atoms with van der Waals surface area (Å²) in [7, 11) is 0. The molecule has 5 nitrogen and oxygen atoms in total. The van der Waals surface area contributed by atoms with Crippen molar-refractivity contribution in [2.75, 3.05) is 13.2 Å². The lowest BCUT2D eigenvalue weighted by molar-refractivity contribution is -0.129. The van der Waals surface area contributed by atoms with Gasteiger partial charge < -0.3 is 15.4 Å². The average Bonchev–Trinajstić information content (AvgIpc) is 2.38. The van der Waals surface area contributed by atoms with Crippen LogP contribution >= 0.6 is 24.8 Å². The normalized spacial score (nSPS) is 21.3. The molecule has 1 aromatic heterocycles. The third-order valence-electron chi connectivity index (χ3n) is 3.04. The standard InChI is InChI=1S/C13H19N3O2.2ClH/c1-9-3-4-11(7-15-9)8-16-13(17)12-10(2)18-6-5-14-12;;/h3-4,7,10,12,14H,5-6,8H2,1-2H3,(H,16,17);2*1H/t10-,12+;;/m1../s1. The maximum Gasteiger partial charge on any atom is 0.240 e. The van der Waals surface area contributed by atoms with Crippen molar-refractivity contribution >= 4 is 30.7 Å². The average molecular weight is 322 g/mol. The lowest BCUT2D eigenvalue weighted by atomic mass is 10.1. The Morgan fingerprint density at radius 2 is 2.25 bits per heavy atom. The van der Waals surface area contributed by atoms with E-state index >= 15 is 0 Å². The van der Waals surface area contributed by atoms with Crippen molar-refractivity contribution < 1.29 is 9.53 Å². The minimum Gasteiger partial charge on any atom is -0.375 e. The molecule has 0 radical (unpaired) electrons. The molecule has 0 saturated carbocycles. The first-order valence-electron chi connectivity index (χ1n) is 6.21. The molecule has 1 aromatic rings. The van der Waals surface area contributed by atoms with Crippen LogP contribution in [0.3, 0.4) is 0 Å². The van der Waals surface area contributed by atoms with Crippen LogP contribution in [0.5, 0.6) is 0 Å². The zero-order chi connectivity index (χ0) is 13.0. The number of nitrogens with zero attached hydrogens (tertiary/aromatic N) is 1. The number of aryl methyl sites for hydroxylation is 1. The van der Waals surface area contributed by atoms with Crippen molar-refractivity contribution in [2.45, 2.75) is 32.5 Å². The number of rotatable bonds is 3. The molecule has 114 valence electrons. The number of amides is 1. The SMILES string of the molecule is Cc1ccc(CNC(=O)[C@H]2NCCO[C@@H]2C)cn1.Cl.Cl. The van der Waals surface area contributed by atoms with Gasteiger partial charge in [-0.2, -0.15) is 0 Å².